The second-order valence-electron chi connectivity index (χ2n) is 4.03. The van der Waals surface area contributed by atoms with Crippen LogP contribution in [-0.2, 0) is 0 Å². The minimum absolute atomic E-state index is 0.0868. The van der Waals surface area contributed by atoms with Crippen molar-refractivity contribution in [2.75, 3.05) is 6.26 Å². The van der Waals surface area contributed by atoms with Crippen molar-refractivity contribution in [2.45, 2.75) is 25.5 Å². The topological polar surface area (TPSA) is 17.1 Å². The van der Waals surface area contributed by atoms with Crippen LogP contribution in [-0.4, -0.2) is 16.8 Å². The molecule has 1 rings (SSSR count). The van der Waals surface area contributed by atoms with E-state index in [1.165, 1.54) is 11.8 Å². The zero-order chi connectivity index (χ0) is 11.6. The summed E-state index contributed by atoms with van der Waals surface area (Å²) < 4.78 is -0.419. The summed E-state index contributed by atoms with van der Waals surface area (Å²) in [4.78, 5) is 12.2. The molecule has 0 amide bonds. The van der Waals surface area contributed by atoms with E-state index < -0.39 is 4.75 Å². The van der Waals surface area contributed by atoms with Gasteiger partial charge in [-0.05, 0) is 39.2 Å². The lowest BCUT2D eigenvalue weighted by Gasteiger charge is -2.21. The molecule has 1 nitrogen and oxygen atoms in total. The van der Waals surface area contributed by atoms with Crippen molar-refractivity contribution < 1.29 is 4.79 Å². The summed E-state index contributed by atoms with van der Waals surface area (Å²) in [5.41, 5.74) is 1.68. The summed E-state index contributed by atoms with van der Waals surface area (Å²) in [6, 6.07) is 5.54. The third-order valence-corrected chi connectivity index (χ3v) is 3.96. The Hall–Kier alpha value is -0.470. The fourth-order valence-corrected chi connectivity index (χ4v) is 1.73. The molecule has 15 heavy (non-hydrogen) atoms. The molecule has 0 saturated carbocycles. The number of halogens is 1. The number of hydrogen-bond donors (Lipinski definition) is 0. The molecule has 0 bridgehead atoms. The molecular formula is C12H15ClOS. The van der Waals surface area contributed by atoms with Crippen LogP contribution in [0.1, 0.15) is 29.8 Å². The number of thioether (sulfide) groups is 1. The van der Waals surface area contributed by atoms with Gasteiger partial charge in [0.1, 0.15) is 0 Å². The summed E-state index contributed by atoms with van der Waals surface area (Å²) in [6.45, 7) is 5.79. The normalized spacial score (nSPS) is 11.5. The average molecular weight is 243 g/mol. The van der Waals surface area contributed by atoms with Crippen LogP contribution in [0.15, 0.2) is 18.2 Å². The van der Waals surface area contributed by atoms with E-state index in [-0.39, 0.29) is 5.78 Å². The first kappa shape index (κ1) is 12.6. The van der Waals surface area contributed by atoms with Gasteiger partial charge in [-0.3, -0.25) is 4.79 Å². The Balaban J connectivity index is 3.17. The molecule has 0 fully saturated rings. The molecule has 0 aliphatic heterocycles. The zero-order valence-electron chi connectivity index (χ0n) is 9.43. The number of carbonyl (C=O) groups excluding carboxylic acids is 1. The predicted molar refractivity (Wildman–Crippen MR) is 68.1 cm³/mol. The first-order valence-electron chi connectivity index (χ1n) is 4.74. The third-order valence-electron chi connectivity index (χ3n) is 2.42. The van der Waals surface area contributed by atoms with Crippen LogP contribution >= 0.6 is 23.4 Å². The van der Waals surface area contributed by atoms with Crippen molar-refractivity contribution in [2.24, 2.45) is 0 Å². The fourth-order valence-electron chi connectivity index (χ4n) is 1.23. The van der Waals surface area contributed by atoms with Gasteiger partial charge in [0.05, 0.1) is 9.77 Å². The van der Waals surface area contributed by atoms with Gasteiger partial charge in [-0.1, -0.05) is 23.2 Å². The Morgan fingerprint density at radius 2 is 2.00 bits per heavy atom. The van der Waals surface area contributed by atoms with E-state index in [1.807, 2.05) is 39.2 Å². The molecule has 0 aromatic heterocycles. The Morgan fingerprint density at radius 3 is 2.53 bits per heavy atom. The Morgan fingerprint density at radius 1 is 1.40 bits per heavy atom. The number of carbonyl (C=O) groups is 1. The van der Waals surface area contributed by atoms with Crippen LogP contribution < -0.4 is 0 Å². The van der Waals surface area contributed by atoms with Crippen molar-refractivity contribution in [1.29, 1.82) is 0 Å². The maximum atomic E-state index is 12.2. The molecule has 0 saturated heterocycles. The lowest BCUT2D eigenvalue weighted by Crippen LogP contribution is -2.27. The van der Waals surface area contributed by atoms with Crippen molar-refractivity contribution in [1.82, 2.24) is 0 Å². The highest BCUT2D eigenvalue weighted by molar-refractivity contribution is 8.00. The monoisotopic (exact) mass is 242 g/mol. The smallest absolute Gasteiger partial charge is 0.179 e. The molecule has 82 valence electrons. The molecule has 0 spiro atoms. The minimum Gasteiger partial charge on any atom is -0.293 e. The van der Waals surface area contributed by atoms with Crippen LogP contribution in [0, 0.1) is 6.92 Å². The minimum atomic E-state index is -0.419. The maximum absolute atomic E-state index is 12.2. The fraction of sp³-hybridized carbons (Fsp3) is 0.417. The average Bonchev–Trinajstić information content (AvgIpc) is 2.20. The molecular weight excluding hydrogens is 228 g/mol. The van der Waals surface area contributed by atoms with E-state index in [0.717, 1.165) is 5.56 Å². The lowest BCUT2D eigenvalue weighted by atomic mass is 9.99. The number of rotatable bonds is 3. The van der Waals surface area contributed by atoms with E-state index in [4.69, 9.17) is 11.6 Å². The van der Waals surface area contributed by atoms with Crippen molar-refractivity contribution in [3.05, 3.63) is 34.3 Å². The Labute approximate surface area is 100 Å². The van der Waals surface area contributed by atoms with Gasteiger partial charge in [0.2, 0.25) is 0 Å². The molecule has 0 aliphatic carbocycles. The van der Waals surface area contributed by atoms with Crippen LogP contribution in [0.5, 0.6) is 0 Å². The second kappa shape index (κ2) is 4.58. The third kappa shape index (κ3) is 2.76. The number of Topliss-reactive ketones (excluding diaryl/α,β-unsaturated/α-hetero) is 1. The van der Waals surface area contributed by atoms with Gasteiger partial charge in [-0.25, -0.2) is 0 Å². The second-order valence-corrected chi connectivity index (χ2v) is 5.86. The van der Waals surface area contributed by atoms with Gasteiger partial charge >= 0.3 is 0 Å². The molecule has 0 N–H and O–H groups in total. The van der Waals surface area contributed by atoms with Crippen molar-refractivity contribution in [3.63, 3.8) is 0 Å². The lowest BCUT2D eigenvalue weighted by molar-refractivity contribution is 0.0958. The first-order chi connectivity index (χ1) is 6.88. The zero-order valence-corrected chi connectivity index (χ0v) is 11.0. The standard InChI is InChI=1S/C12H15ClOS/c1-8-5-6-10(13)9(7-8)11(14)12(2,3)15-4/h5-7H,1-4H3. The molecule has 0 aliphatic rings. The summed E-state index contributed by atoms with van der Waals surface area (Å²) >= 11 is 7.56. The summed E-state index contributed by atoms with van der Waals surface area (Å²) in [5, 5.41) is 0.535. The van der Waals surface area contributed by atoms with Crippen LogP contribution in [0.2, 0.25) is 5.02 Å². The van der Waals surface area contributed by atoms with E-state index in [9.17, 15) is 4.79 Å². The van der Waals surface area contributed by atoms with Gasteiger partial charge in [-0.2, -0.15) is 11.8 Å². The van der Waals surface area contributed by atoms with E-state index >= 15 is 0 Å². The first-order valence-corrected chi connectivity index (χ1v) is 6.35. The number of benzene rings is 1. The van der Waals surface area contributed by atoms with Gasteiger partial charge in [0, 0.05) is 5.56 Å². The van der Waals surface area contributed by atoms with Crippen molar-refractivity contribution in [3.8, 4) is 0 Å². The highest BCUT2D eigenvalue weighted by Crippen LogP contribution is 2.29. The summed E-state index contributed by atoms with van der Waals surface area (Å²) in [6.07, 6.45) is 1.93. The molecule has 0 radical (unpaired) electrons. The van der Waals surface area contributed by atoms with Crippen LogP contribution in [0.4, 0.5) is 0 Å². The molecule has 1 aromatic rings. The quantitative estimate of drug-likeness (QED) is 0.746. The molecule has 0 heterocycles. The number of aryl methyl sites for hydroxylation is 1. The number of ketones is 1. The van der Waals surface area contributed by atoms with Crippen molar-refractivity contribution >= 4 is 29.1 Å². The van der Waals surface area contributed by atoms with E-state index in [1.54, 1.807) is 6.07 Å². The predicted octanol–water partition coefficient (Wildman–Crippen LogP) is 3.97. The van der Waals surface area contributed by atoms with E-state index in [0.29, 0.717) is 10.6 Å². The van der Waals surface area contributed by atoms with Crippen LogP contribution in [0.25, 0.3) is 0 Å². The molecule has 0 unspecified atom stereocenters. The molecule has 1 aromatic carbocycles. The Kier molecular flexibility index (Phi) is 3.85. The number of hydrogen-bond acceptors (Lipinski definition) is 2. The summed E-state index contributed by atoms with van der Waals surface area (Å²) in [7, 11) is 0. The largest absolute Gasteiger partial charge is 0.293 e. The summed E-state index contributed by atoms with van der Waals surface area (Å²) in [5.74, 6) is 0.0868. The van der Waals surface area contributed by atoms with Gasteiger partial charge < -0.3 is 0 Å². The SMILES string of the molecule is CSC(C)(C)C(=O)c1cc(C)ccc1Cl. The van der Waals surface area contributed by atoms with Crippen LogP contribution in [0.3, 0.4) is 0 Å². The van der Waals surface area contributed by atoms with Gasteiger partial charge in [-0.15, -0.1) is 0 Å². The maximum Gasteiger partial charge on any atom is 0.179 e. The highest BCUT2D eigenvalue weighted by Gasteiger charge is 2.28. The molecule has 0 atom stereocenters. The highest BCUT2D eigenvalue weighted by atomic mass is 35.5. The molecule has 3 heteroatoms. The van der Waals surface area contributed by atoms with E-state index in [2.05, 4.69) is 0 Å². The Bertz CT molecular complexity index is 385. The van der Waals surface area contributed by atoms with Gasteiger partial charge in [0.25, 0.3) is 0 Å². The van der Waals surface area contributed by atoms with Gasteiger partial charge in [0.15, 0.2) is 5.78 Å².